The minimum Gasteiger partial charge on any atom is -0.474 e. The van der Waals surface area contributed by atoms with Crippen LogP contribution >= 0.6 is 24.8 Å². The zero-order chi connectivity index (χ0) is 13.8. The Hall–Kier alpha value is -1.43. The second-order valence-electron chi connectivity index (χ2n) is 5.11. The lowest BCUT2D eigenvalue weighted by Crippen LogP contribution is -2.31. The first kappa shape index (κ1) is 18.6. The summed E-state index contributed by atoms with van der Waals surface area (Å²) < 4.78 is 5.94. The highest BCUT2D eigenvalue weighted by atomic mass is 35.5. The van der Waals surface area contributed by atoms with E-state index in [9.17, 15) is 0 Å². The first-order valence-electron chi connectivity index (χ1n) is 6.97. The van der Waals surface area contributed by atoms with Gasteiger partial charge in [-0.25, -0.2) is 4.98 Å². The third-order valence-electron chi connectivity index (χ3n) is 3.57. The van der Waals surface area contributed by atoms with Gasteiger partial charge in [-0.2, -0.15) is 4.98 Å². The van der Waals surface area contributed by atoms with E-state index in [1.807, 2.05) is 12.1 Å². The van der Waals surface area contributed by atoms with Crippen molar-refractivity contribution in [3.8, 4) is 17.3 Å². The molecule has 0 radical (unpaired) electrons. The van der Waals surface area contributed by atoms with E-state index in [4.69, 9.17) is 10.5 Å². The van der Waals surface area contributed by atoms with E-state index in [1.165, 1.54) is 0 Å². The standard InChI is InChI=1S/C15H18N4O.2ClH/c16-12-1-3-13(4-2-12)20-14-7-10-18-15(19-14)11-5-8-17-9-6-11;;/h5-10,12-13H,1-4,16H2;2*1H. The van der Waals surface area contributed by atoms with Crippen LogP contribution in [0.15, 0.2) is 36.8 Å². The van der Waals surface area contributed by atoms with Gasteiger partial charge in [-0.1, -0.05) is 0 Å². The van der Waals surface area contributed by atoms with Gasteiger partial charge in [0.25, 0.3) is 0 Å². The summed E-state index contributed by atoms with van der Waals surface area (Å²) in [6, 6.07) is 5.91. The molecule has 7 heteroatoms. The van der Waals surface area contributed by atoms with E-state index >= 15 is 0 Å². The fraction of sp³-hybridized carbons (Fsp3) is 0.400. The number of hydrogen-bond acceptors (Lipinski definition) is 5. The number of rotatable bonds is 3. The summed E-state index contributed by atoms with van der Waals surface area (Å²) >= 11 is 0. The third kappa shape index (κ3) is 4.80. The predicted molar refractivity (Wildman–Crippen MR) is 90.6 cm³/mol. The van der Waals surface area contributed by atoms with Gasteiger partial charge in [0.05, 0.1) is 0 Å². The van der Waals surface area contributed by atoms with Crippen molar-refractivity contribution < 1.29 is 4.74 Å². The number of ether oxygens (including phenoxy) is 1. The Balaban J connectivity index is 0.00000121. The fourth-order valence-corrected chi connectivity index (χ4v) is 2.43. The molecule has 1 fully saturated rings. The Kier molecular flexibility index (Phi) is 7.51. The van der Waals surface area contributed by atoms with Crippen LogP contribution in [0.3, 0.4) is 0 Å². The van der Waals surface area contributed by atoms with Crippen molar-refractivity contribution in [2.75, 3.05) is 0 Å². The van der Waals surface area contributed by atoms with E-state index in [2.05, 4.69) is 15.0 Å². The van der Waals surface area contributed by atoms with Crippen LogP contribution in [0.25, 0.3) is 11.4 Å². The number of nitrogens with zero attached hydrogens (tertiary/aromatic N) is 3. The fourth-order valence-electron chi connectivity index (χ4n) is 2.43. The molecule has 0 atom stereocenters. The highest BCUT2D eigenvalue weighted by Gasteiger charge is 2.20. The topological polar surface area (TPSA) is 73.9 Å². The second kappa shape index (κ2) is 8.88. The maximum absolute atomic E-state index is 5.94. The number of hydrogen-bond donors (Lipinski definition) is 1. The first-order chi connectivity index (χ1) is 9.81. The van der Waals surface area contributed by atoms with Crippen LogP contribution in [0, 0.1) is 0 Å². The lowest BCUT2D eigenvalue weighted by atomic mass is 9.94. The molecule has 2 heterocycles. The van der Waals surface area contributed by atoms with Gasteiger partial charge >= 0.3 is 0 Å². The molecule has 2 aromatic rings. The Morgan fingerprint density at radius 3 is 2.32 bits per heavy atom. The molecule has 0 aromatic carbocycles. The smallest absolute Gasteiger partial charge is 0.217 e. The summed E-state index contributed by atoms with van der Waals surface area (Å²) in [5, 5.41) is 0. The first-order valence-corrected chi connectivity index (χ1v) is 6.97. The average Bonchev–Trinajstić information content (AvgIpc) is 2.51. The highest BCUT2D eigenvalue weighted by Crippen LogP contribution is 2.23. The normalized spacial score (nSPS) is 20.4. The largest absolute Gasteiger partial charge is 0.474 e. The van der Waals surface area contributed by atoms with Gasteiger partial charge in [-0.15, -0.1) is 24.8 Å². The van der Waals surface area contributed by atoms with E-state index in [0.29, 0.717) is 17.7 Å². The monoisotopic (exact) mass is 342 g/mol. The van der Waals surface area contributed by atoms with E-state index in [1.54, 1.807) is 24.7 Å². The number of halogens is 2. The number of pyridine rings is 1. The number of aromatic nitrogens is 3. The molecule has 5 nitrogen and oxygen atoms in total. The van der Waals surface area contributed by atoms with Gasteiger partial charge in [-0.3, -0.25) is 4.98 Å². The minimum atomic E-state index is 0. The van der Waals surface area contributed by atoms with Crippen molar-refractivity contribution >= 4 is 24.8 Å². The van der Waals surface area contributed by atoms with E-state index in [0.717, 1.165) is 31.2 Å². The van der Waals surface area contributed by atoms with Gasteiger partial charge < -0.3 is 10.5 Å². The number of nitrogens with two attached hydrogens (primary N) is 1. The quantitative estimate of drug-likeness (QED) is 0.927. The van der Waals surface area contributed by atoms with Gasteiger partial charge in [0.2, 0.25) is 5.88 Å². The summed E-state index contributed by atoms with van der Waals surface area (Å²) in [5.41, 5.74) is 6.84. The summed E-state index contributed by atoms with van der Waals surface area (Å²) in [7, 11) is 0. The molecule has 22 heavy (non-hydrogen) atoms. The molecule has 0 bridgehead atoms. The molecule has 0 unspecified atom stereocenters. The van der Waals surface area contributed by atoms with Crippen LogP contribution < -0.4 is 10.5 Å². The molecule has 2 N–H and O–H groups in total. The van der Waals surface area contributed by atoms with Crippen LogP contribution in [-0.4, -0.2) is 27.1 Å². The van der Waals surface area contributed by atoms with Gasteiger partial charge in [-0.05, 0) is 37.8 Å². The van der Waals surface area contributed by atoms with Crippen LogP contribution in [0.4, 0.5) is 0 Å². The van der Waals surface area contributed by atoms with Gasteiger partial charge in [0.15, 0.2) is 5.82 Å². The molecular formula is C15H20Cl2N4O. The molecule has 1 aliphatic rings. The molecule has 0 saturated heterocycles. The third-order valence-corrected chi connectivity index (χ3v) is 3.57. The van der Waals surface area contributed by atoms with Crippen LogP contribution in [0.2, 0.25) is 0 Å². The molecule has 0 amide bonds. The van der Waals surface area contributed by atoms with E-state index in [-0.39, 0.29) is 30.9 Å². The lowest BCUT2D eigenvalue weighted by molar-refractivity contribution is 0.141. The van der Waals surface area contributed by atoms with Crippen molar-refractivity contribution in [1.29, 1.82) is 0 Å². The molecular weight excluding hydrogens is 323 g/mol. The summed E-state index contributed by atoms with van der Waals surface area (Å²) in [6.07, 6.45) is 9.44. The van der Waals surface area contributed by atoms with Crippen molar-refractivity contribution in [3.63, 3.8) is 0 Å². The van der Waals surface area contributed by atoms with Crippen molar-refractivity contribution in [2.45, 2.75) is 37.8 Å². The Labute approximate surface area is 142 Å². The summed E-state index contributed by atoms with van der Waals surface area (Å²) in [6.45, 7) is 0. The van der Waals surface area contributed by atoms with Gasteiger partial charge in [0, 0.05) is 36.3 Å². The molecule has 1 saturated carbocycles. The maximum atomic E-state index is 5.94. The Bertz CT molecular complexity index is 562. The highest BCUT2D eigenvalue weighted by molar-refractivity contribution is 5.85. The van der Waals surface area contributed by atoms with E-state index < -0.39 is 0 Å². The second-order valence-corrected chi connectivity index (χ2v) is 5.11. The Morgan fingerprint density at radius 2 is 1.64 bits per heavy atom. The molecule has 0 aliphatic heterocycles. The van der Waals surface area contributed by atoms with Crippen LogP contribution in [0.5, 0.6) is 5.88 Å². The maximum Gasteiger partial charge on any atom is 0.217 e. The molecule has 3 rings (SSSR count). The zero-order valence-electron chi connectivity index (χ0n) is 12.1. The molecule has 0 spiro atoms. The summed E-state index contributed by atoms with van der Waals surface area (Å²) in [5.74, 6) is 1.30. The van der Waals surface area contributed by atoms with Gasteiger partial charge in [0.1, 0.15) is 6.10 Å². The zero-order valence-corrected chi connectivity index (χ0v) is 13.7. The molecule has 120 valence electrons. The SMILES string of the molecule is Cl.Cl.NC1CCC(Oc2ccnc(-c3ccncc3)n2)CC1. The average molecular weight is 343 g/mol. The predicted octanol–water partition coefficient (Wildman–Crippen LogP) is 3.03. The molecule has 2 aromatic heterocycles. The lowest BCUT2D eigenvalue weighted by Gasteiger charge is -2.26. The van der Waals surface area contributed by atoms with Crippen LogP contribution in [0.1, 0.15) is 25.7 Å². The van der Waals surface area contributed by atoms with Crippen molar-refractivity contribution in [1.82, 2.24) is 15.0 Å². The Morgan fingerprint density at radius 1 is 0.955 bits per heavy atom. The van der Waals surface area contributed by atoms with Crippen LogP contribution in [-0.2, 0) is 0 Å². The molecule has 1 aliphatic carbocycles. The van der Waals surface area contributed by atoms with Crippen molar-refractivity contribution in [2.24, 2.45) is 5.73 Å². The minimum absolute atomic E-state index is 0. The summed E-state index contributed by atoms with van der Waals surface area (Å²) in [4.78, 5) is 12.7. The van der Waals surface area contributed by atoms with Crippen molar-refractivity contribution in [3.05, 3.63) is 36.8 Å².